The van der Waals surface area contributed by atoms with Crippen LogP contribution in [0.3, 0.4) is 0 Å². The average molecular weight is 381 g/mol. The van der Waals surface area contributed by atoms with Crippen molar-refractivity contribution in [1.29, 1.82) is 0 Å². The summed E-state index contributed by atoms with van der Waals surface area (Å²) in [6.45, 7) is 6.40. The molecule has 26 heavy (non-hydrogen) atoms. The smallest absolute Gasteiger partial charge is 0.0616 e. The van der Waals surface area contributed by atoms with Crippen LogP contribution < -0.4 is 9.80 Å². The van der Waals surface area contributed by atoms with Gasteiger partial charge in [0.05, 0.1) is 11.4 Å². The van der Waals surface area contributed by atoms with Crippen LogP contribution in [-0.2, 0) is 0 Å². The minimum absolute atomic E-state index is 0.758. The van der Waals surface area contributed by atoms with Gasteiger partial charge in [-0.1, -0.05) is 35.5 Å². The van der Waals surface area contributed by atoms with Crippen LogP contribution in [0.25, 0.3) is 0 Å². The molecular weight excluding hydrogens is 360 g/mol. The highest BCUT2D eigenvalue weighted by Gasteiger charge is 2.24. The third kappa shape index (κ3) is 3.06. The lowest BCUT2D eigenvalue weighted by atomic mass is 10.1. The van der Waals surface area contributed by atoms with E-state index in [0.29, 0.717) is 0 Å². The predicted octanol–water partition coefficient (Wildman–Crippen LogP) is 7.12. The Morgan fingerprint density at radius 2 is 1.54 bits per heavy atom. The second-order valence-electron chi connectivity index (χ2n) is 6.21. The summed E-state index contributed by atoms with van der Waals surface area (Å²) in [6.07, 6.45) is 0. The molecule has 0 bridgehead atoms. The molecule has 4 rings (SSSR count). The van der Waals surface area contributed by atoms with Gasteiger partial charge in [0.1, 0.15) is 0 Å². The van der Waals surface area contributed by atoms with E-state index in [1.54, 1.807) is 11.8 Å². The second kappa shape index (κ2) is 7.26. The summed E-state index contributed by atoms with van der Waals surface area (Å²) in [5, 5.41) is 0.758. The van der Waals surface area contributed by atoms with Gasteiger partial charge in [0.2, 0.25) is 0 Å². The van der Waals surface area contributed by atoms with Gasteiger partial charge in [0.25, 0.3) is 0 Å². The van der Waals surface area contributed by atoms with E-state index >= 15 is 0 Å². The number of hydrogen-bond acceptors (Lipinski definition) is 3. The van der Waals surface area contributed by atoms with Crippen LogP contribution in [0.4, 0.5) is 22.7 Å². The van der Waals surface area contributed by atoms with Crippen LogP contribution >= 0.6 is 23.4 Å². The summed E-state index contributed by atoms with van der Waals surface area (Å²) in [6, 6.07) is 23.5. The van der Waals surface area contributed by atoms with Crippen LogP contribution in [0.1, 0.15) is 13.8 Å². The van der Waals surface area contributed by atoms with Gasteiger partial charge in [-0.3, -0.25) is 0 Å². The van der Waals surface area contributed by atoms with E-state index in [2.05, 4.69) is 84.3 Å². The fraction of sp³-hybridized carbons (Fsp3) is 0.182. The summed E-state index contributed by atoms with van der Waals surface area (Å²) in [7, 11) is 0. The van der Waals surface area contributed by atoms with Crippen molar-refractivity contribution in [2.24, 2.45) is 0 Å². The fourth-order valence-corrected chi connectivity index (χ4v) is 4.61. The van der Waals surface area contributed by atoms with Crippen molar-refractivity contribution in [3.63, 3.8) is 0 Å². The monoisotopic (exact) mass is 380 g/mol. The number of para-hydroxylation sites is 1. The Balaban J connectivity index is 1.82. The van der Waals surface area contributed by atoms with Gasteiger partial charge < -0.3 is 9.80 Å². The Kier molecular flexibility index (Phi) is 4.84. The number of fused-ring (bicyclic) bond motifs is 2. The first-order valence-electron chi connectivity index (χ1n) is 8.93. The zero-order chi connectivity index (χ0) is 18.1. The summed E-state index contributed by atoms with van der Waals surface area (Å²) in [4.78, 5) is 7.14. The molecule has 0 fully saturated rings. The maximum atomic E-state index is 6.32. The van der Waals surface area contributed by atoms with Crippen molar-refractivity contribution in [2.45, 2.75) is 23.6 Å². The minimum Gasteiger partial charge on any atom is -0.372 e. The molecule has 2 nitrogen and oxygen atoms in total. The normalized spacial score (nSPS) is 12.5. The van der Waals surface area contributed by atoms with Crippen LogP contribution in [0.5, 0.6) is 0 Å². The van der Waals surface area contributed by atoms with Crippen LogP contribution in [-0.4, -0.2) is 13.1 Å². The van der Waals surface area contributed by atoms with E-state index in [1.807, 2.05) is 6.07 Å². The molecule has 0 saturated heterocycles. The van der Waals surface area contributed by atoms with Crippen molar-refractivity contribution in [3.8, 4) is 0 Å². The molecule has 0 N–H and O–H groups in total. The highest BCUT2D eigenvalue weighted by atomic mass is 35.5. The predicted molar refractivity (Wildman–Crippen MR) is 114 cm³/mol. The summed E-state index contributed by atoms with van der Waals surface area (Å²) >= 11 is 8.11. The van der Waals surface area contributed by atoms with E-state index < -0.39 is 0 Å². The number of nitrogens with zero attached hydrogens (tertiary/aromatic N) is 2. The van der Waals surface area contributed by atoms with Crippen molar-refractivity contribution >= 4 is 46.1 Å². The largest absolute Gasteiger partial charge is 0.372 e. The summed E-state index contributed by atoms with van der Waals surface area (Å²) < 4.78 is 0. The standard InChI is InChI=1S/C22H21ClN2S/c1-3-24(4-2)17-10-12-18(13-11-17)25-19-7-5-6-8-21(19)26-22-14-9-16(23)15-20(22)25/h5-15H,3-4H2,1-2H3. The molecule has 0 aliphatic carbocycles. The fourth-order valence-electron chi connectivity index (χ4n) is 3.41. The first-order chi connectivity index (χ1) is 12.7. The zero-order valence-corrected chi connectivity index (χ0v) is 16.5. The first-order valence-corrected chi connectivity index (χ1v) is 10.1. The zero-order valence-electron chi connectivity index (χ0n) is 14.9. The maximum Gasteiger partial charge on any atom is 0.0616 e. The molecule has 3 aromatic carbocycles. The SMILES string of the molecule is CCN(CC)c1ccc(N2c3ccccc3Sc3ccc(Cl)cc32)cc1. The van der Waals surface area contributed by atoms with Crippen LogP contribution in [0.2, 0.25) is 5.02 Å². The van der Waals surface area contributed by atoms with E-state index in [4.69, 9.17) is 11.6 Å². The minimum atomic E-state index is 0.758. The number of halogens is 1. The van der Waals surface area contributed by atoms with Crippen molar-refractivity contribution < 1.29 is 0 Å². The molecular formula is C22H21ClN2S. The molecule has 0 radical (unpaired) electrons. The van der Waals surface area contributed by atoms with Gasteiger partial charge >= 0.3 is 0 Å². The molecule has 0 unspecified atom stereocenters. The molecule has 4 heteroatoms. The molecule has 0 amide bonds. The van der Waals surface area contributed by atoms with Gasteiger partial charge in [-0.05, 0) is 68.4 Å². The van der Waals surface area contributed by atoms with E-state index in [1.165, 1.54) is 21.2 Å². The van der Waals surface area contributed by atoms with Crippen LogP contribution in [0.15, 0.2) is 76.5 Å². The van der Waals surface area contributed by atoms with Gasteiger partial charge in [0.15, 0.2) is 0 Å². The van der Waals surface area contributed by atoms with E-state index in [-0.39, 0.29) is 0 Å². The summed E-state index contributed by atoms with van der Waals surface area (Å²) in [5.41, 5.74) is 4.74. The van der Waals surface area contributed by atoms with Crippen molar-refractivity contribution in [3.05, 3.63) is 71.8 Å². The lowest BCUT2D eigenvalue weighted by molar-refractivity contribution is 0.866. The van der Waals surface area contributed by atoms with Gasteiger partial charge in [-0.25, -0.2) is 0 Å². The van der Waals surface area contributed by atoms with Crippen molar-refractivity contribution in [2.75, 3.05) is 22.9 Å². The molecule has 0 spiro atoms. The molecule has 1 heterocycles. The second-order valence-corrected chi connectivity index (χ2v) is 7.73. The Morgan fingerprint density at radius 1 is 0.846 bits per heavy atom. The van der Waals surface area contributed by atoms with Gasteiger partial charge in [0, 0.05) is 39.3 Å². The Morgan fingerprint density at radius 3 is 2.27 bits per heavy atom. The number of hydrogen-bond donors (Lipinski definition) is 0. The van der Waals surface area contributed by atoms with Gasteiger partial charge in [-0.15, -0.1) is 0 Å². The Hall–Kier alpha value is -2.10. The Labute approximate surface area is 164 Å². The third-order valence-electron chi connectivity index (χ3n) is 4.72. The quantitative estimate of drug-likeness (QED) is 0.372. The molecule has 0 saturated carbocycles. The molecule has 132 valence electrons. The molecule has 0 atom stereocenters. The van der Waals surface area contributed by atoms with Gasteiger partial charge in [-0.2, -0.15) is 0 Å². The molecule has 0 aromatic heterocycles. The van der Waals surface area contributed by atoms with Crippen molar-refractivity contribution in [1.82, 2.24) is 0 Å². The molecule has 1 aliphatic rings. The number of rotatable bonds is 4. The van der Waals surface area contributed by atoms with E-state index in [9.17, 15) is 0 Å². The van der Waals surface area contributed by atoms with E-state index in [0.717, 1.165) is 29.5 Å². The lowest BCUT2D eigenvalue weighted by Gasteiger charge is -2.33. The number of anilines is 4. The maximum absolute atomic E-state index is 6.32. The lowest BCUT2D eigenvalue weighted by Crippen LogP contribution is -2.21. The number of benzene rings is 3. The third-order valence-corrected chi connectivity index (χ3v) is 6.09. The highest BCUT2D eigenvalue weighted by Crippen LogP contribution is 2.51. The van der Waals surface area contributed by atoms with Crippen LogP contribution in [0, 0.1) is 0 Å². The Bertz CT molecular complexity index is 920. The average Bonchev–Trinajstić information content (AvgIpc) is 2.68. The topological polar surface area (TPSA) is 6.48 Å². The first kappa shape index (κ1) is 17.3. The summed E-state index contributed by atoms with van der Waals surface area (Å²) in [5.74, 6) is 0. The molecule has 1 aliphatic heterocycles. The molecule has 3 aromatic rings. The highest BCUT2D eigenvalue weighted by molar-refractivity contribution is 7.99.